The van der Waals surface area contributed by atoms with Crippen molar-refractivity contribution in [3.05, 3.63) is 22.8 Å². The topological polar surface area (TPSA) is 61.0 Å². The molecule has 1 heterocycles. The highest BCUT2D eigenvalue weighted by molar-refractivity contribution is 5.25. The van der Waals surface area contributed by atoms with Gasteiger partial charge in [-0.05, 0) is 45.2 Å². The molecule has 1 atom stereocenters. The molecule has 0 spiro atoms. The molecule has 0 aliphatic rings. The summed E-state index contributed by atoms with van der Waals surface area (Å²) in [7, 11) is 0. The molecular weight excluding hydrogens is 226 g/mol. The molecule has 0 aromatic carbocycles. The van der Waals surface area contributed by atoms with Crippen LogP contribution in [0.3, 0.4) is 0 Å². The van der Waals surface area contributed by atoms with Gasteiger partial charge in [-0.1, -0.05) is 6.92 Å². The van der Waals surface area contributed by atoms with Gasteiger partial charge in [0.15, 0.2) is 0 Å². The van der Waals surface area contributed by atoms with E-state index in [0.717, 1.165) is 36.7 Å². The van der Waals surface area contributed by atoms with Gasteiger partial charge in [-0.2, -0.15) is 0 Å². The molecule has 0 radical (unpaired) electrons. The lowest BCUT2D eigenvalue weighted by Crippen LogP contribution is -2.16. The second kappa shape index (κ2) is 7.44. The molecule has 4 nitrogen and oxygen atoms in total. The Morgan fingerprint density at radius 3 is 2.33 bits per heavy atom. The van der Waals surface area contributed by atoms with Crippen LogP contribution in [0.5, 0.6) is 0 Å². The van der Waals surface area contributed by atoms with Crippen molar-refractivity contribution in [3.8, 4) is 0 Å². The van der Waals surface area contributed by atoms with Crippen LogP contribution < -0.4 is 5.73 Å². The Morgan fingerprint density at radius 2 is 1.83 bits per heavy atom. The first-order valence-electron chi connectivity index (χ1n) is 6.69. The van der Waals surface area contributed by atoms with Crippen LogP contribution in [0.2, 0.25) is 0 Å². The van der Waals surface area contributed by atoms with Gasteiger partial charge in [0.25, 0.3) is 0 Å². The maximum Gasteiger partial charge on any atom is 0.131 e. The maximum absolute atomic E-state index is 5.67. The van der Waals surface area contributed by atoms with Gasteiger partial charge in [-0.3, -0.25) is 0 Å². The summed E-state index contributed by atoms with van der Waals surface area (Å²) in [5.74, 6) is 1.35. The van der Waals surface area contributed by atoms with Crippen LogP contribution in [0.25, 0.3) is 0 Å². The number of aryl methyl sites for hydroxylation is 2. The molecule has 4 heteroatoms. The lowest BCUT2D eigenvalue weighted by atomic mass is 9.99. The van der Waals surface area contributed by atoms with Crippen molar-refractivity contribution in [1.29, 1.82) is 0 Å². The molecule has 0 aliphatic carbocycles. The van der Waals surface area contributed by atoms with Gasteiger partial charge in [-0.15, -0.1) is 0 Å². The Balaban J connectivity index is 2.77. The smallest absolute Gasteiger partial charge is 0.131 e. The number of nitrogens with two attached hydrogens (primary N) is 1. The van der Waals surface area contributed by atoms with Crippen molar-refractivity contribution in [1.82, 2.24) is 9.97 Å². The second-order valence-electron chi connectivity index (χ2n) is 4.78. The Labute approximate surface area is 110 Å². The van der Waals surface area contributed by atoms with E-state index in [1.54, 1.807) is 0 Å². The summed E-state index contributed by atoms with van der Waals surface area (Å²) < 4.78 is 5.33. The lowest BCUT2D eigenvalue weighted by molar-refractivity contribution is 0.149. The van der Waals surface area contributed by atoms with E-state index in [9.17, 15) is 0 Å². The zero-order valence-electron chi connectivity index (χ0n) is 12.0. The van der Waals surface area contributed by atoms with Crippen LogP contribution in [0.15, 0.2) is 0 Å². The van der Waals surface area contributed by atoms with Crippen LogP contribution in [-0.4, -0.2) is 29.7 Å². The lowest BCUT2D eigenvalue weighted by Gasteiger charge is -2.14. The summed E-state index contributed by atoms with van der Waals surface area (Å²) in [6.45, 7) is 10.4. The predicted octanol–water partition coefficient (Wildman–Crippen LogP) is 1.81. The molecule has 18 heavy (non-hydrogen) atoms. The standard InChI is InChI=1S/C14H25N3O/c1-5-18-7-6-14-16-11(3)13(12(4)17-14)8-10(2)9-15/h10H,5-9,15H2,1-4H3. The minimum atomic E-state index is 0.472. The van der Waals surface area contributed by atoms with Gasteiger partial charge >= 0.3 is 0 Å². The van der Waals surface area contributed by atoms with Crippen molar-refractivity contribution < 1.29 is 4.74 Å². The quantitative estimate of drug-likeness (QED) is 0.751. The van der Waals surface area contributed by atoms with Crippen molar-refractivity contribution in [2.75, 3.05) is 19.8 Å². The average molecular weight is 251 g/mol. The molecule has 0 bridgehead atoms. The zero-order chi connectivity index (χ0) is 13.5. The van der Waals surface area contributed by atoms with E-state index in [1.807, 2.05) is 6.92 Å². The van der Waals surface area contributed by atoms with Crippen LogP contribution in [-0.2, 0) is 17.6 Å². The highest BCUT2D eigenvalue weighted by Gasteiger charge is 2.11. The molecule has 1 aromatic rings. The van der Waals surface area contributed by atoms with Crippen molar-refractivity contribution in [2.24, 2.45) is 11.7 Å². The molecule has 0 saturated heterocycles. The average Bonchev–Trinajstić information content (AvgIpc) is 2.34. The van der Waals surface area contributed by atoms with Gasteiger partial charge < -0.3 is 10.5 Å². The van der Waals surface area contributed by atoms with Gasteiger partial charge in [0, 0.05) is 24.4 Å². The highest BCUT2D eigenvalue weighted by atomic mass is 16.5. The fourth-order valence-corrected chi connectivity index (χ4v) is 1.96. The van der Waals surface area contributed by atoms with Gasteiger partial charge in [0.05, 0.1) is 6.61 Å². The number of aromatic nitrogens is 2. The van der Waals surface area contributed by atoms with E-state index >= 15 is 0 Å². The Hall–Kier alpha value is -1.00. The Morgan fingerprint density at radius 1 is 1.22 bits per heavy atom. The summed E-state index contributed by atoms with van der Waals surface area (Å²) in [6, 6.07) is 0. The summed E-state index contributed by atoms with van der Waals surface area (Å²) in [5.41, 5.74) is 9.07. The Bertz CT molecular complexity index is 356. The third-order valence-corrected chi connectivity index (χ3v) is 3.10. The van der Waals surface area contributed by atoms with E-state index in [4.69, 9.17) is 10.5 Å². The van der Waals surface area contributed by atoms with E-state index in [0.29, 0.717) is 19.1 Å². The fraction of sp³-hybridized carbons (Fsp3) is 0.714. The summed E-state index contributed by atoms with van der Waals surface area (Å²) in [5, 5.41) is 0. The van der Waals surface area contributed by atoms with Crippen LogP contribution in [0.1, 0.15) is 36.6 Å². The van der Waals surface area contributed by atoms with Gasteiger partial charge in [-0.25, -0.2) is 9.97 Å². The molecule has 1 aromatic heterocycles. The van der Waals surface area contributed by atoms with Crippen molar-refractivity contribution >= 4 is 0 Å². The van der Waals surface area contributed by atoms with E-state index < -0.39 is 0 Å². The second-order valence-corrected chi connectivity index (χ2v) is 4.78. The molecule has 1 rings (SSSR count). The monoisotopic (exact) mass is 251 g/mol. The largest absolute Gasteiger partial charge is 0.381 e. The summed E-state index contributed by atoms with van der Waals surface area (Å²) in [6.07, 6.45) is 1.74. The maximum atomic E-state index is 5.67. The number of nitrogens with zero attached hydrogens (tertiary/aromatic N) is 2. The molecule has 0 fully saturated rings. The molecule has 0 amide bonds. The SMILES string of the molecule is CCOCCc1nc(C)c(CC(C)CN)c(C)n1. The summed E-state index contributed by atoms with van der Waals surface area (Å²) >= 11 is 0. The predicted molar refractivity (Wildman–Crippen MR) is 73.6 cm³/mol. The number of hydrogen-bond acceptors (Lipinski definition) is 4. The third kappa shape index (κ3) is 4.35. The molecule has 2 N–H and O–H groups in total. The van der Waals surface area contributed by atoms with Gasteiger partial charge in [0.2, 0.25) is 0 Å². The van der Waals surface area contributed by atoms with E-state index in [1.165, 1.54) is 5.56 Å². The first-order valence-corrected chi connectivity index (χ1v) is 6.69. The minimum Gasteiger partial charge on any atom is -0.381 e. The highest BCUT2D eigenvalue weighted by Crippen LogP contribution is 2.15. The number of hydrogen-bond donors (Lipinski definition) is 1. The molecular formula is C14H25N3O. The van der Waals surface area contributed by atoms with Crippen molar-refractivity contribution in [2.45, 2.75) is 40.5 Å². The van der Waals surface area contributed by atoms with E-state index in [-0.39, 0.29) is 0 Å². The molecule has 1 unspecified atom stereocenters. The molecule has 0 aliphatic heterocycles. The van der Waals surface area contributed by atoms with Crippen LogP contribution in [0.4, 0.5) is 0 Å². The first-order chi connectivity index (χ1) is 8.58. The third-order valence-electron chi connectivity index (χ3n) is 3.10. The minimum absolute atomic E-state index is 0.472. The first kappa shape index (κ1) is 15.1. The zero-order valence-corrected chi connectivity index (χ0v) is 12.0. The molecule has 0 saturated carbocycles. The number of ether oxygens (including phenoxy) is 1. The normalized spacial score (nSPS) is 12.7. The Kier molecular flexibility index (Phi) is 6.22. The van der Waals surface area contributed by atoms with Crippen LogP contribution in [0, 0.1) is 19.8 Å². The van der Waals surface area contributed by atoms with Crippen molar-refractivity contribution in [3.63, 3.8) is 0 Å². The fourth-order valence-electron chi connectivity index (χ4n) is 1.96. The van der Waals surface area contributed by atoms with E-state index in [2.05, 4.69) is 30.7 Å². The number of rotatable bonds is 7. The van der Waals surface area contributed by atoms with Gasteiger partial charge in [0.1, 0.15) is 5.82 Å². The molecule has 102 valence electrons. The van der Waals surface area contributed by atoms with Crippen LogP contribution >= 0.6 is 0 Å². The summed E-state index contributed by atoms with van der Waals surface area (Å²) in [4.78, 5) is 9.12.